The van der Waals surface area contributed by atoms with Crippen molar-refractivity contribution < 1.29 is 4.79 Å². The number of nitrogens with zero attached hydrogens (tertiary/aromatic N) is 2. The van der Waals surface area contributed by atoms with Crippen molar-refractivity contribution in [1.82, 2.24) is 9.78 Å². The molecule has 1 heterocycles. The van der Waals surface area contributed by atoms with E-state index in [2.05, 4.69) is 5.10 Å². The first-order chi connectivity index (χ1) is 9.04. The van der Waals surface area contributed by atoms with E-state index in [9.17, 15) is 4.79 Å². The number of aryl methyl sites for hydroxylation is 2. The van der Waals surface area contributed by atoms with Gasteiger partial charge in [-0.2, -0.15) is 5.10 Å². The second kappa shape index (κ2) is 5.80. The number of carbonyl (C=O) groups excluding carboxylic acids is 1. The molecule has 0 fully saturated rings. The lowest BCUT2D eigenvalue weighted by atomic mass is 10.1. The summed E-state index contributed by atoms with van der Waals surface area (Å²) in [5, 5.41) is 4.81. The predicted molar refractivity (Wildman–Crippen MR) is 79.2 cm³/mol. The molecule has 0 saturated carbocycles. The van der Waals surface area contributed by atoms with Gasteiger partial charge in [-0.15, -0.1) is 11.8 Å². The Balaban J connectivity index is 2.31. The first-order valence-electron chi connectivity index (χ1n) is 5.88. The van der Waals surface area contributed by atoms with E-state index in [-0.39, 0.29) is 12.2 Å². The Morgan fingerprint density at radius 1 is 1.42 bits per heavy atom. The van der Waals surface area contributed by atoms with Crippen molar-refractivity contribution in [2.45, 2.75) is 18.2 Å². The van der Waals surface area contributed by atoms with Gasteiger partial charge in [0.2, 0.25) is 0 Å². The molecular formula is C14H15ClN2OS. The first kappa shape index (κ1) is 14.2. The number of aromatic nitrogens is 2. The molecule has 0 unspecified atom stereocenters. The highest BCUT2D eigenvalue weighted by atomic mass is 35.5. The van der Waals surface area contributed by atoms with Crippen molar-refractivity contribution in [3.8, 4) is 0 Å². The molecule has 1 aromatic heterocycles. The van der Waals surface area contributed by atoms with Gasteiger partial charge in [-0.25, -0.2) is 0 Å². The minimum atomic E-state index is 0.0647. The van der Waals surface area contributed by atoms with E-state index in [4.69, 9.17) is 11.6 Å². The molecular weight excluding hydrogens is 280 g/mol. The maximum Gasteiger partial charge on any atom is 0.169 e. The van der Waals surface area contributed by atoms with Crippen LogP contribution in [0.25, 0.3) is 0 Å². The van der Waals surface area contributed by atoms with Crippen LogP contribution in [0.4, 0.5) is 0 Å². The van der Waals surface area contributed by atoms with Gasteiger partial charge in [0.1, 0.15) is 0 Å². The Morgan fingerprint density at radius 3 is 2.68 bits per heavy atom. The summed E-state index contributed by atoms with van der Waals surface area (Å²) in [5.41, 5.74) is 2.26. The molecule has 0 aliphatic rings. The summed E-state index contributed by atoms with van der Waals surface area (Å²) in [5.74, 6) is 0.0647. The highest BCUT2D eigenvalue weighted by Crippen LogP contribution is 2.24. The molecule has 0 saturated heterocycles. The van der Waals surface area contributed by atoms with Gasteiger partial charge < -0.3 is 0 Å². The summed E-state index contributed by atoms with van der Waals surface area (Å²) in [6.07, 6.45) is 2.24. The van der Waals surface area contributed by atoms with E-state index in [0.717, 1.165) is 21.8 Å². The van der Waals surface area contributed by atoms with E-state index in [0.29, 0.717) is 5.02 Å². The smallest absolute Gasteiger partial charge is 0.169 e. The monoisotopic (exact) mass is 294 g/mol. The lowest BCUT2D eigenvalue weighted by molar-refractivity contribution is 0.0988. The molecule has 100 valence electrons. The maximum atomic E-state index is 12.4. The van der Waals surface area contributed by atoms with E-state index >= 15 is 0 Å². The minimum Gasteiger partial charge on any atom is -0.294 e. The number of Topliss-reactive ketones (excluding diaryl/α,β-unsaturated/α-hetero) is 1. The molecule has 0 N–H and O–H groups in total. The second-order valence-corrected chi connectivity index (χ2v) is 5.50. The third kappa shape index (κ3) is 2.85. The van der Waals surface area contributed by atoms with Crippen LogP contribution in [0.2, 0.25) is 5.02 Å². The van der Waals surface area contributed by atoms with Crippen LogP contribution >= 0.6 is 23.4 Å². The zero-order valence-electron chi connectivity index (χ0n) is 11.1. The van der Waals surface area contributed by atoms with Crippen molar-refractivity contribution in [2.24, 2.45) is 7.05 Å². The molecule has 0 aliphatic heterocycles. The standard InChI is InChI=1S/C14H15ClN2OS/c1-9-14(15)11(17(2)16-9)8-12(18)10-6-4-5-7-13(10)19-3/h4-7H,8H2,1-3H3. The van der Waals surface area contributed by atoms with Gasteiger partial charge in [-0.3, -0.25) is 9.48 Å². The topological polar surface area (TPSA) is 34.9 Å². The number of halogens is 1. The molecule has 0 aliphatic carbocycles. The Labute approximate surface area is 122 Å². The van der Waals surface area contributed by atoms with E-state index < -0.39 is 0 Å². The number of benzene rings is 1. The second-order valence-electron chi connectivity index (χ2n) is 4.27. The summed E-state index contributed by atoms with van der Waals surface area (Å²) in [7, 11) is 1.81. The quantitative estimate of drug-likeness (QED) is 0.639. The molecule has 0 bridgehead atoms. The zero-order valence-corrected chi connectivity index (χ0v) is 12.7. The third-order valence-corrected chi connectivity index (χ3v) is 4.28. The van der Waals surface area contributed by atoms with Crippen molar-refractivity contribution in [3.05, 3.63) is 46.2 Å². The van der Waals surface area contributed by atoms with Crippen LogP contribution in [-0.4, -0.2) is 21.8 Å². The lowest BCUT2D eigenvalue weighted by Crippen LogP contribution is -2.09. The first-order valence-corrected chi connectivity index (χ1v) is 7.49. The van der Waals surface area contributed by atoms with Crippen LogP contribution in [0.5, 0.6) is 0 Å². The highest BCUT2D eigenvalue weighted by Gasteiger charge is 2.17. The Kier molecular flexibility index (Phi) is 4.32. The summed E-state index contributed by atoms with van der Waals surface area (Å²) >= 11 is 7.75. The number of hydrogen-bond donors (Lipinski definition) is 0. The Morgan fingerprint density at radius 2 is 2.11 bits per heavy atom. The number of hydrogen-bond acceptors (Lipinski definition) is 3. The molecule has 1 aromatic carbocycles. The highest BCUT2D eigenvalue weighted by molar-refractivity contribution is 7.98. The van der Waals surface area contributed by atoms with Crippen LogP contribution in [-0.2, 0) is 13.5 Å². The fourth-order valence-electron chi connectivity index (χ4n) is 1.99. The molecule has 0 spiro atoms. The van der Waals surface area contributed by atoms with Gasteiger partial charge >= 0.3 is 0 Å². The van der Waals surface area contributed by atoms with Crippen molar-refractivity contribution >= 4 is 29.1 Å². The molecule has 2 aromatic rings. The number of thioether (sulfide) groups is 1. The summed E-state index contributed by atoms with van der Waals surface area (Å²) in [4.78, 5) is 13.4. The molecule has 3 nitrogen and oxygen atoms in total. The van der Waals surface area contributed by atoms with E-state index in [1.54, 1.807) is 16.4 Å². The molecule has 0 radical (unpaired) electrons. The van der Waals surface area contributed by atoms with E-state index in [1.807, 2.05) is 44.5 Å². The maximum absolute atomic E-state index is 12.4. The number of ketones is 1. The van der Waals surface area contributed by atoms with Crippen LogP contribution < -0.4 is 0 Å². The molecule has 19 heavy (non-hydrogen) atoms. The van der Waals surface area contributed by atoms with Crippen molar-refractivity contribution in [2.75, 3.05) is 6.26 Å². The van der Waals surface area contributed by atoms with Gasteiger partial charge in [-0.05, 0) is 19.2 Å². The fourth-order valence-corrected chi connectivity index (χ4v) is 2.84. The van der Waals surface area contributed by atoms with Crippen LogP contribution in [0.3, 0.4) is 0 Å². The Hall–Kier alpha value is -1.26. The molecule has 2 rings (SSSR count). The third-order valence-electron chi connectivity index (χ3n) is 3.00. The van der Waals surface area contributed by atoms with Gasteiger partial charge in [0.05, 0.1) is 22.8 Å². The average Bonchev–Trinajstić information content (AvgIpc) is 2.65. The van der Waals surface area contributed by atoms with Crippen LogP contribution in [0.1, 0.15) is 21.7 Å². The number of carbonyl (C=O) groups is 1. The van der Waals surface area contributed by atoms with Crippen molar-refractivity contribution in [3.63, 3.8) is 0 Å². The van der Waals surface area contributed by atoms with Gasteiger partial charge in [0.25, 0.3) is 0 Å². The van der Waals surface area contributed by atoms with Crippen LogP contribution in [0, 0.1) is 6.92 Å². The van der Waals surface area contributed by atoms with Crippen molar-refractivity contribution in [1.29, 1.82) is 0 Å². The summed E-state index contributed by atoms with van der Waals surface area (Å²) in [6.45, 7) is 1.84. The predicted octanol–water partition coefficient (Wildman–Crippen LogP) is 3.53. The van der Waals surface area contributed by atoms with E-state index in [1.165, 1.54) is 0 Å². The molecule has 0 amide bonds. The zero-order chi connectivity index (χ0) is 14.0. The lowest BCUT2D eigenvalue weighted by Gasteiger charge is -2.06. The normalized spacial score (nSPS) is 10.7. The van der Waals surface area contributed by atoms with Crippen LogP contribution in [0.15, 0.2) is 29.2 Å². The van der Waals surface area contributed by atoms with Gasteiger partial charge in [0, 0.05) is 17.5 Å². The minimum absolute atomic E-state index is 0.0647. The average molecular weight is 295 g/mol. The van der Waals surface area contributed by atoms with Gasteiger partial charge in [0.15, 0.2) is 5.78 Å². The molecule has 5 heteroatoms. The summed E-state index contributed by atoms with van der Waals surface area (Å²) in [6, 6.07) is 7.62. The molecule has 0 atom stereocenters. The fraction of sp³-hybridized carbons (Fsp3) is 0.286. The van der Waals surface area contributed by atoms with Gasteiger partial charge in [-0.1, -0.05) is 29.8 Å². The summed E-state index contributed by atoms with van der Waals surface area (Å²) < 4.78 is 1.68. The SMILES string of the molecule is CSc1ccccc1C(=O)Cc1c(Cl)c(C)nn1C. The number of rotatable bonds is 4. The largest absolute Gasteiger partial charge is 0.294 e. The Bertz CT molecular complexity index is 622.